The van der Waals surface area contributed by atoms with Crippen LogP contribution in [0.15, 0.2) is 24.3 Å². The van der Waals surface area contributed by atoms with Crippen molar-refractivity contribution in [3.63, 3.8) is 0 Å². The van der Waals surface area contributed by atoms with Crippen molar-refractivity contribution in [3.8, 4) is 5.75 Å². The van der Waals surface area contributed by atoms with E-state index >= 15 is 0 Å². The highest BCUT2D eigenvalue weighted by atomic mass is 16.5. The molecule has 0 aromatic heterocycles. The standard InChI is InChI=1S/C16H27N3O/c1-4-10-20-14-8-6-13(7-9-14)16-15(11-17-5-2)12(3)18-19-16/h6-9,12,15-19H,4-5,10-11H2,1-3H3. The Hall–Kier alpha value is -1.10. The van der Waals surface area contributed by atoms with Gasteiger partial charge in [-0.3, -0.25) is 5.43 Å². The Balaban J connectivity index is 2.01. The minimum Gasteiger partial charge on any atom is -0.494 e. The highest BCUT2D eigenvalue weighted by molar-refractivity contribution is 5.30. The molecule has 1 fully saturated rings. The highest BCUT2D eigenvalue weighted by Gasteiger charge is 2.33. The van der Waals surface area contributed by atoms with Gasteiger partial charge in [0.1, 0.15) is 5.75 Å². The van der Waals surface area contributed by atoms with Crippen LogP contribution in [0.1, 0.15) is 38.8 Å². The normalized spacial score (nSPS) is 25.9. The largest absolute Gasteiger partial charge is 0.494 e. The Morgan fingerprint density at radius 3 is 2.55 bits per heavy atom. The Morgan fingerprint density at radius 2 is 1.90 bits per heavy atom. The maximum absolute atomic E-state index is 5.64. The lowest BCUT2D eigenvalue weighted by molar-refractivity contribution is 0.317. The summed E-state index contributed by atoms with van der Waals surface area (Å²) < 4.78 is 5.64. The van der Waals surface area contributed by atoms with Crippen LogP contribution in [0, 0.1) is 5.92 Å². The first-order chi connectivity index (χ1) is 9.76. The van der Waals surface area contributed by atoms with E-state index in [9.17, 15) is 0 Å². The van der Waals surface area contributed by atoms with Crippen molar-refractivity contribution >= 4 is 0 Å². The van der Waals surface area contributed by atoms with Crippen LogP contribution in [-0.2, 0) is 0 Å². The van der Waals surface area contributed by atoms with Crippen LogP contribution in [0.25, 0.3) is 0 Å². The molecule has 1 aromatic carbocycles. The lowest BCUT2D eigenvalue weighted by atomic mass is 9.90. The molecule has 0 aliphatic carbocycles. The van der Waals surface area contributed by atoms with Gasteiger partial charge in [-0.15, -0.1) is 0 Å². The Bertz CT molecular complexity index is 393. The fourth-order valence-corrected chi connectivity index (χ4v) is 2.65. The molecule has 0 spiro atoms. The van der Waals surface area contributed by atoms with Gasteiger partial charge in [0.25, 0.3) is 0 Å². The zero-order valence-electron chi connectivity index (χ0n) is 12.8. The molecular weight excluding hydrogens is 250 g/mol. The molecule has 3 unspecified atom stereocenters. The van der Waals surface area contributed by atoms with Crippen LogP contribution in [0.4, 0.5) is 0 Å². The van der Waals surface area contributed by atoms with Crippen LogP contribution in [0.2, 0.25) is 0 Å². The molecule has 3 N–H and O–H groups in total. The summed E-state index contributed by atoms with van der Waals surface area (Å²) in [5.41, 5.74) is 8.08. The van der Waals surface area contributed by atoms with E-state index in [1.165, 1.54) is 5.56 Å². The smallest absolute Gasteiger partial charge is 0.119 e. The third-order valence-electron chi connectivity index (χ3n) is 3.88. The Morgan fingerprint density at radius 1 is 1.15 bits per heavy atom. The predicted octanol–water partition coefficient (Wildman–Crippen LogP) is 2.24. The molecule has 20 heavy (non-hydrogen) atoms. The summed E-state index contributed by atoms with van der Waals surface area (Å²) in [6.45, 7) is 9.32. The number of hydrogen-bond donors (Lipinski definition) is 3. The molecule has 3 atom stereocenters. The van der Waals surface area contributed by atoms with E-state index in [2.05, 4.69) is 61.2 Å². The van der Waals surface area contributed by atoms with Crippen molar-refractivity contribution in [2.24, 2.45) is 5.92 Å². The van der Waals surface area contributed by atoms with Gasteiger partial charge in [0.15, 0.2) is 0 Å². The third-order valence-corrected chi connectivity index (χ3v) is 3.88. The first-order valence-corrected chi connectivity index (χ1v) is 7.70. The van der Waals surface area contributed by atoms with Crippen molar-refractivity contribution in [2.75, 3.05) is 19.7 Å². The maximum Gasteiger partial charge on any atom is 0.119 e. The summed E-state index contributed by atoms with van der Waals surface area (Å²) in [4.78, 5) is 0. The van der Waals surface area contributed by atoms with E-state index in [0.717, 1.165) is 31.9 Å². The number of rotatable bonds is 7. The number of benzene rings is 1. The van der Waals surface area contributed by atoms with Gasteiger partial charge in [0.2, 0.25) is 0 Å². The fourth-order valence-electron chi connectivity index (χ4n) is 2.65. The third kappa shape index (κ3) is 3.72. The molecule has 1 heterocycles. The highest BCUT2D eigenvalue weighted by Crippen LogP contribution is 2.29. The maximum atomic E-state index is 5.64. The van der Waals surface area contributed by atoms with Crippen LogP contribution < -0.4 is 20.9 Å². The summed E-state index contributed by atoms with van der Waals surface area (Å²) in [5.74, 6) is 1.51. The Labute approximate surface area is 122 Å². The van der Waals surface area contributed by atoms with E-state index in [4.69, 9.17) is 4.74 Å². The number of hydrogen-bond acceptors (Lipinski definition) is 4. The fraction of sp³-hybridized carbons (Fsp3) is 0.625. The lowest BCUT2D eigenvalue weighted by Crippen LogP contribution is -2.32. The second-order valence-corrected chi connectivity index (χ2v) is 5.44. The molecule has 0 bridgehead atoms. The van der Waals surface area contributed by atoms with Gasteiger partial charge in [-0.2, -0.15) is 0 Å². The molecule has 1 aliphatic rings. The minimum absolute atomic E-state index is 0.351. The van der Waals surface area contributed by atoms with E-state index in [-0.39, 0.29) is 0 Å². The molecule has 0 radical (unpaired) electrons. The second kappa shape index (κ2) is 7.62. The summed E-state index contributed by atoms with van der Waals surface area (Å²) in [6.07, 6.45) is 1.04. The number of ether oxygens (including phenoxy) is 1. The predicted molar refractivity (Wildman–Crippen MR) is 82.7 cm³/mol. The van der Waals surface area contributed by atoms with Crippen molar-refractivity contribution in [3.05, 3.63) is 29.8 Å². The van der Waals surface area contributed by atoms with Gasteiger partial charge in [-0.25, -0.2) is 5.43 Å². The zero-order chi connectivity index (χ0) is 14.4. The minimum atomic E-state index is 0.351. The van der Waals surface area contributed by atoms with Crippen molar-refractivity contribution in [1.82, 2.24) is 16.2 Å². The van der Waals surface area contributed by atoms with Crippen LogP contribution >= 0.6 is 0 Å². The van der Waals surface area contributed by atoms with Gasteiger partial charge in [-0.05, 0) is 37.6 Å². The van der Waals surface area contributed by atoms with E-state index in [1.807, 2.05) is 0 Å². The molecule has 0 amide bonds. The Kier molecular flexibility index (Phi) is 5.83. The molecule has 0 saturated carbocycles. The monoisotopic (exact) mass is 277 g/mol. The van der Waals surface area contributed by atoms with Gasteiger partial charge in [0, 0.05) is 18.5 Å². The average Bonchev–Trinajstić information content (AvgIpc) is 2.84. The molecule has 4 heteroatoms. The second-order valence-electron chi connectivity index (χ2n) is 5.44. The zero-order valence-corrected chi connectivity index (χ0v) is 12.8. The first-order valence-electron chi connectivity index (χ1n) is 7.70. The van der Waals surface area contributed by atoms with Gasteiger partial charge in [-0.1, -0.05) is 26.0 Å². The summed E-state index contributed by atoms with van der Waals surface area (Å²) in [6, 6.07) is 9.29. The van der Waals surface area contributed by atoms with Crippen LogP contribution in [0.5, 0.6) is 5.75 Å². The molecular formula is C16H27N3O. The molecule has 2 rings (SSSR count). The van der Waals surface area contributed by atoms with Gasteiger partial charge in [0.05, 0.1) is 12.6 Å². The van der Waals surface area contributed by atoms with Crippen molar-refractivity contribution < 1.29 is 4.74 Å². The average molecular weight is 277 g/mol. The first kappa shape index (κ1) is 15.3. The van der Waals surface area contributed by atoms with Gasteiger partial charge < -0.3 is 10.1 Å². The number of hydrazine groups is 1. The van der Waals surface area contributed by atoms with E-state index in [1.54, 1.807) is 0 Å². The van der Waals surface area contributed by atoms with Crippen LogP contribution in [0.3, 0.4) is 0 Å². The molecule has 1 saturated heterocycles. The lowest BCUT2D eigenvalue weighted by Gasteiger charge is -2.21. The van der Waals surface area contributed by atoms with Crippen molar-refractivity contribution in [2.45, 2.75) is 39.3 Å². The van der Waals surface area contributed by atoms with E-state index in [0.29, 0.717) is 18.0 Å². The SMILES string of the molecule is CCCOc1ccc(C2NNC(C)C2CNCC)cc1. The summed E-state index contributed by atoms with van der Waals surface area (Å²) in [7, 11) is 0. The molecule has 112 valence electrons. The molecule has 1 aromatic rings. The topological polar surface area (TPSA) is 45.3 Å². The van der Waals surface area contributed by atoms with Crippen molar-refractivity contribution in [1.29, 1.82) is 0 Å². The quantitative estimate of drug-likeness (QED) is 0.715. The van der Waals surface area contributed by atoms with Crippen LogP contribution in [-0.4, -0.2) is 25.7 Å². The number of nitrogens with one attached hydrogen (secondary N) is 3. The summed E-state index contributed by atoms with van der Waals surface area (Å²) >= 11 is 0. The molecule has 1 aliphatic heterocycles. The molecule has 4 nitrogen and oxygen atoms in total. The summed E-state index contributed by atoms with van der Waals surface area (Å²) in [5, 5.41) is 3.45. The van der Waals surface area contributed by atoms with E-state index < -0.39 is 0 Å². The van der Waals surface area contributed by atoms with Gasteiger partial charge >= 0.3 is 0 Å².